The topological polar surface area (TPSA) is 85.2 Å². The van der Waals surface area contributed by atoms with Crippen LogP contribution in [0.2, 0.25) is 0 Å². The van der Waals surface area contributed by atoms with Crippen molar-refractivity contribution in [3.05, 3.63) is 23.3 Å². The molecular formula is C22H30N2O4. The Balaban J connectivity index is 1.49. The lowest BCUT2D eigenvalue weighted by Gasteiger charge is -2.64. The van der Waals surface area contributed by atoms with E-state index < -0.39 is 11.0 Å². The molecular weight excluding hydrogens is 356 g/mol. The van der Waals surface area contributed by atoms with Gasteiger partial charge < -0.3 is 25.4 Å². The Labute approximate surface area is 165 Å². The molecule has 6 rings (SSSR count). The van der Waals surface area contributed by atoms with E-state index in [9.17, 15) is 15.3 Å². The summed E-state index contributed by atoms with van der Waals surface area (Å²) in [4.78, 5) is 2.55. The number of hydrogen-bond donors (Lipinski definition) is 4. The molecule has 1 spiro atoms. The van der Waals surface area contributed by atoms with Crippen LogP contribution in [-0.2, 0) is 11.8 Å². The quantitative estimate of drug-likeness (QED) is 0.602. The molecule has 4 N–H and O–H groups in total. The largest absolute Gasteiger partial charge is 0.504 e. The van der Waals surface area contributed by atoms with E-state index in [1.165, 1.54) is 18.4 Å². The summed E-state index contributed by atoms with van der Waals surface area (Å²) in [5.74, 6) is 1.57. The first-order valence-electron chi connectivity index (χ1n) is 10.9. The Morgan fingerprint density at radius 1 is 1.21 bits per heavy atom. The van der Waals surface area contributed by atoms with Crippen LogP contribution in [0.15, 0.2) is 12.1 Å². The van der Waals surface area contributed by atoms with Gasteiger partial charge in [-0.25, -0.2) is 0 Å². The summed E-state index contributed by atoms with van der Waals surface area (Å²) < 4.78 is 6.44. The molecule has 5 atom stereocenters. The molecule has 3 aliphatic carbocycles. The number of phenolic OH excluding ortho intramolecular Hbond substituents is 1. The number of piperidine rings is 1. The minimum Gasteiger partial charge on any atom is -0.504 e. The molecule has 0 radical (unpaired) electrons. The van der Waals surface area contributed by atoms with Gasteiger partial charge in [0.2, 0.25) is 0 Å². The highest BCUT2D eigenvalue weighted by molar-refractivity contribution is 5.62. The first-order valence-corrected chi connectivity index (χ1v) is 10.9. The van der Waals surface area contributed by atoms with E-state index in [0.29, 0.717) is 12.3 Å². The monoisotopic (exact) mass is 386 g/mol. The number of hydrogen-bond acceptors (Lipinski definition) is 6. The predicted molar refractivity (Wildman–Crippen MR) is 104 cm³/mol. The third-order valence-corrected chi connectivity index (χ3v) is 8.28. The molecule has 5 aliphatic rings. The van der Waals surface area contributed by atoms with Crippen LogP contribution in [0.1, 0.15) is 43.2 Å². The van der Waals surface area contributed by atoms with E-state index in [4.69, 9.17) is 4.74 Å². The van der Waals surface area contributed by atoms with E-state index in [1.54, 1.807) is 6.07 Å². The first kappa shape index (κ1) is 17.5. The lowest BCUT2D eigenvalue weighted by molar-refractivity contribution is -0.191. The molecule has 1 saturated heterocycles. The van der Waals surface area contributed by atoms with Crippen molar-refractivity contribution in [1.82, 2.24) is 10.2 Å². The molecule has 1 aromatic carbocycles. The molecule has 0 unspecified atom stereocenters. The van der Waals surface area contributed by atoms with Gasteiger partial charge in [0, 0.05) is 30.7 Å². The molecule has 3 fully saturated rings. The second-order valence-electron chi connectivity index (χ2n) is 9.61. The van der Waals surface area contributed by atoms with Gasteiger partial charge in [0.15, 0.2) is 11.5 Å². The number of aliphatic hydroxyl groups excluding tert-OH is 1. The van der Waals surface area contributed by atoms with Crippen molar-refractivity contribution >= 4 is 0 Å². The number of nitrogens with one attached hydrogen (secondary N) is 1. The van der Waals surface area contributed by atoms with Gasteiger partial charge in [0.25, 0.3) is 0 Å². The Morgan fingerprint density at radius 2 is 2.07 bits per heavy atom. The molecule has 2 heterocycles. The average Bonchev–Trinajstić information content (AvgIpc) is 3.42. The molecule has 6 heteroatoms. The van der Waals surface area contributed by atoms with E-state index in [-0.39, 0.29) is 30.5 Å². The molecule has 6 nitrogen and oxygen atoms in total. The molecule has 0 amide bonds. The Bertz CT molecular complexity index is 812. The number of aliphatic hydroxyl groups is 2. The van der Waals surface area contributed by atoms with Gasteiger partial charge in [-0.3, -0.25) is 4.90 Å². The number of phenols is 1. The fourth-order valence-corrected chi connectivity index (χ4v) is 6.94. The average molecular weight is 386 g/mol. The number of nitrogens with zero attached hydrogens (tertiary/aromatic N) is 1. The van der Waals surface area contributed by atoms with Crippen molar-refractivity contribution in [2.45, 2.75) is 67.7 Å². The molecule has 2 saturated carbocycles. The number of ether oxygens (including phenoxy) is 1. The van der Waals surface area contributed by atoms with E-state index in [2.05, 4.69) is 10.2 Å². The van der Waals surface area contributed by atoms with E-state index in [0.717, 1.165) is 50.3 Å². The fraction of sp³-hybridized carbons (Fsp3) is 0.727. The Kier molecular flexibility index (Phi) is 3.66. The second kappa shape index (κ2) is 5.85. The maximum absolute atomic E-state index is 12.3. The number of aromatic hydroxyl groups is 1. The van der Waals surface area contributed by atoms with Crippen molar-refractivity contribution in [3.8, 4) is 11.5 Å². The highest BCUT2D eigenvalue weighted by Crippen LogP contribution is 2.65. The van der Waals surface area contributed by atoms with Crippen LogP contribution in [0.3, 0.4) is 0 Å². The number of likely N-dealkylation sites (tertiary alicyclic amines) is 1. The molecule has 28 heavy (non-hydrogen) atoms. The molecule has 2 bridgehead atoms. The zero-order valence-electron chi connectivity index (χ0n) is 16.2. The van der Waals surface area contributed by atoms with E-state index in [1.807, 2.05) is 6.07 Å². The van der Waals surface area contributed by atoms with Crippen molar-refractivity contribution in [2.75, 3.05) is 26.2 Å². The standard InChI is InChI=1S/C22H30N2O4/c25-10-8-23-15-5-6-22(27)17-11-14-3-4-16(26)19-18(14)21(22,20(15)28-19)7-9-24(17)12-13-1-2-13/h3-4,13,15,17,20,23,25-27H,1-2,5-12H2/t15-,17+,20-,21-,22+/m0/s1. The zero-order chi connectivity index (χ0) is 19.1. The zero-order valence-corrected chi connectivity index (χ0v) is 16.2. The number of rotatable bonds is 5. The van der Waals surface area contributed by atoms with Crippen LogP contribution in [-0.4, -0.2) is 70.2 Å². The fourth-order valence-electron chi connectivity index (χ4n) is 6.94. The minimum atomic E-state index is -0.825. The van der Waals surface area contributed by atoms with Gasteiger partial charge in [-0.15, -0.1) is 0 Å². The van der Waals surface area contributed by atoms with Crippen LogP contribution < -0.4 is 10.1 Å². The summed E-state index contributed by atoms with van der Waals surface area (Å²) in [6.45, 7) is 2.68. The van der Waals surface area contributed by atoms with Gasteiger partial charge in [-0.2, -0.15) is 0 Å². The first-order chi connectivity index (χ1) is 13.6. The van der Waals surface area contributed by atoms with Crippen LogP contribution in [0.5, 0.6) is 11.5 Å². The third kappa shape index (κ3) is 2.07. The Hall–Kier alpha value is -1.34. The third-order valence-electron chi connectivity index (χ3n) is 8.28. The van der Waals surface area contributed by atoms with Crippen molar-refractivity contribution < 1.29 is 20.1 Å². The van der Waals surface area contributed by atoms with Gasteiger partial charge in [-0.05, 0) is 62.6 Å². The molecule has 0 aromatic heterocycles. The second-order valence-corrected chi connectivity index (χ2v) is 9.61. The maximum Gasteiger partial charge on any atom is 0.165 e. The summed E-state index contributed by atoms with van der Waals surface area (Å²) >= 11 is 0. The SMILES string of the molecule is OCCN[C@H]1CC[C@@]2(O)[C@H]3Cc4ccc(O)c5c4[C@@]2(CCN3CC2CC2)[C@H]1O5. The van der Waals surface area contributed by atoms with Gasteiger partial charge >= 0.3 is 0 Å². The lowest BCUT2D eigenvalue weighted by atomic mass is 9.48. The van der Waals surface area contributed by atoms with E-state index >= 15 is 0 Å². The van der Waals surface area contributed by atoms with Gasteiger partial charge in [0.1, 0.15) is 6.10 Å². The molecule has 152 valence electrons. The van der Waals surface area contributed by atoms with Gasteiger partial charge in [0.05, 0.1) is 17.6 Å². The molecule has 2 aliphatic heterocycles. The minimum absolute atomic E-state index is 0.0702. The summed E-state index contributed by atoms with van der Waals surface area (Å²) in [6.07, 6.45) is 5.68. The number of benzene rings is 1. The highest BCUT2D eigenvalue weighted by Gasteiger charge is 2.72. The molecule has 1 aromatic rings. The summed E-state index contributed by atoms with van der Waals surface area (Å²) in [5, 5.41) is 35.6. The summed E-state index contributed by atoms with van der Waals surface area (Å²) in [5.41, 5.74) is 1.00. The highest BCUT2D eigenvalue weighted by atomic mass is 16.5. The maximum atomic E-state index is 12.3. The summed E-state index contributed by atoms with van der Waals surface area (Å²) in [7, 11) is 0. The van der Waals surface area contributed by atoms with Crippen LogP contribution >= 0.6 is 0 Å². The van der Waals surface area contributed by atoms with Gasteiger partial charge in [-0.1, -0.05) is 6.07 Å². The van der Waals surface area contributed by atoms with Crippen LogP contribution in [0.25, 0.3) is 0 Å². The van der Waals surface area contributed by atoms with Crippen molar-refractivity contribution in [1.29, 1.82) is 0 Å². The summed E-state index contributed by atoms with van der Waals surface area (Å²) in [6, 6.07) is 3.99. The van der Waals surface area contributed by atoms with Crippen LogP contribution in [0, 0.1) is 5.92 Å². The normalized spacial score (nSPS) is 40.9. The van der Waals surface area contributed by atoms with Crippen LogP contribution in [0.4, 0.5) is 0 Å². The lowest BCUT2D eigenvalue weighted by Crippen LogP contribution is -2.78. The van der Waals surface area contributed by atoms with Crippen molar-refractivity contribution in [3.63, 3.8) is 0 Å². The van der Waals surface area contributed by atoms with Crippen molar-refractivity contribution in [2.24, 2.45) is 5.92 Å². The predicted octanol–water partition coefficient (Wildman–Crippen LogP) is 0.907. The Morgan fingerprint density at radius 3 is 2.86 bits per heavy atom. The smallest absolute Gasteiger partial charge is 0.165 e.